The van der Waals surface area contributed by atoms with Gasteiger partial charge in [-0.15, -0.1) is 0 Å². The number of halogens is 1. The van der Waals surface area contributed by atoms with E-state index < -0.39 is 0 Å². The van der Waals surface area contributed by atoms with Crippen molar-refractivity contribution >= 4 is 23.4 Å². The first kappa shape index (κ1) is 23.6. The Bertz CT molecular complexity index is 935. The van der Waals surface area contributed by atoms with Crippen LogP contribution >= 0.6 is 11.6 Å². The Morgan fingerprint density at radius 2 is 1.52 bits per heavy atom. The Labute approximate surface area is 201 Å². The standard InChI is InChI=1S/C26H32ClN3O3/c1-28-15-17-29(18-16-28)24(31)19-26(20-33-23-9-7-22(27)8-10-23)11-13-30(14-12-26)25(32)21-5-3-2-4-6-21/h2-10H,11-20H2,1H3. The Morgan fingerprint density at radius 1 is 0.879 bits per heavy atom. The van der Waals surface area contributed by atoms with Crippen molar-refractivity contribution in [3.8, 4) is 5.75 Å². The van der Waals surface area contributed by atoms with Crippen LogP contribution in [0.5, 0.6) is 5.75 Å². The van der Waals surface area contributed by atoms with Crippen molar-refractivity contribution in [3.05, 3.63) is 65.2 Å². The van der Waals surface area contributed by atoms with Gasteiger partial charge in [-0.1, -0.05) is 29.8 Å². The van der Waals surface area contributed by atoms with Gasteiger partial charge in [0.05, 0.1) is 6.61 Å². The molecule has 2 aromatic rings. The summed E-state index contributed by atoms with van der Waals surface area (Å²) in [6.07, 6.45) is 1.91. The van der Waals surface area contributed by atoms with E-state index in [1.165, 1.54) is 0 Å². The SMILES string of the molecule is CN1CCN(C(=O)CC2(COc3ccc(Cl)cc3)CCN(C(=O)c3ccccc3)CC2)CC1. The van der Waals surface area contributed by atoms with E-state index in [2.05, 4.69) is 11.9 Å². The fourth-order valence-electron chi connectivity index (χ4n) is 4.58. The second-order valence-electron chi connectivity index (χ2n) is 9.26. The lowest BCUT2D eigenvalue weighted by molar-refractivity contribution is -0.136. The minimum absolute atomic E-state index is 0.0493. The largest absolute Gasteiger partial charge is 0.493 e. The van der Waals surface area contributed by atoms with Crippen LogP contribution in [0.4, 0.5) is 0 Å². The third-order valence-electron chi connectivity index (χ3n) is 6.87. The van der Waals surface area contributed by atoms with E-state index in [0.717, 1.165) is 44.8 Å². The number of ether oxygens (including phenoxy) is 1. The van der Waals surface area contributed by atoms with Crippen molar-refractivity contribution in [2.24, 2.45) is 5.41 Å². The minimum Gasteiger partial charge on any atom is -0.493 e. The maximum absolute atomic E-state index is 13.2. The Morgan fingerprint density at radius 3 is 2.15 bits per heavy atom. The molecule has 0 atom stereocenters. The summed E-state index contributed by atoms with van der Waals surface area (Å²) in [5.41, 5.74) is 0.406. The molecule has 2 aliphatic rings. The summed E-state index contributed by atoms with van der Waals surface area (Å²) in [4.78, 5) is 32.3. The monoisotopic (exact) mass is 469 g/mol. The van der Waals surface area contributed by atoms with Crippen LogP contribution in [0.15, 0.2) is 54.6 Å². The van der Waals surface area contributed by atoms with Crippen LogP contribution < -0.4 is 4.74 Å². The zero-order chi connectivity index (χ0) is 23.3. The number of likely N-dealkylation sites (tertiary alicyclic amines) is 1. The van der Waals surface area contributed by atoms with E-state index in [9.17, 15) is 9.59 Å². The molecule has 2 aliphatic heterocycles. The van der Waals surface area contributed by atoms with E-state index in [4.69, 9.17) is 16.3 Å². The van der Waals surface area contributed by atoms with Gasteiger partial charge in [0.25, 0.3) is 5.91 Å². The third kappa shape index (κ3) is 6.06. The highest BCUT2D eigenvalue weighted by molar-refractivity contribution is 6.30. The smallest absolute Gasteiger partial charge is 0.253 e. The summed E-state index contributed by atoms with van der Waals surface area (Å²) in [6, 6.07) is 16.7. The molecule has 7 heteroatoms. The maximum Gasteiger partial charge on any atom is 0.253 e. The second kappa shape index (κ2) is 10.6. The van der Waals surface area contributed by atoms with Crippen LogP contribution in [0.3, 0.4) is 0 Å². The number of likely N-dealkylation sites (N-methyl/N-ethyl adjacent to an activating group) is 1. The first-order valence-electron chi connectivity index (χ1n) is 11.6. The lowest BCUT2D eigenvalue weighted by atomic mass is 9.75. The number of carbonyl (C=O) groups is 2. The fraction of sp³-hybridized carbons (Fsp3) is 0.462. The summed E-state index contributed by atoms with van der Waals surface area (Å²) < 4.78 is 6.15. The van der Waals surface area contributed by atoms with Crippen molar-refractivity contribution in [2.75, 3.05) is 52.9 Å². The van der Waals surface area contributed by atoms with Gasteiger partial charge in [-0.25, -0.2) is 0 Å². The van der Waals surface area contributed by atoms with Gasteiger partial charge in [-0.05, 0) is 56.3 Å². The molecule has 4 rings (SSSR count). The molecule has 0 saturated carbocycles. The summed E-state index contributed by atoms with van der Waals surface area (Å²) in [5, 5.41) is 0.662. The third-order valence-corrected chi connectivity index (χ3v) is 7.12. The zero-order valence-corrected chi connectivity index (χ0v) is 20.0. The molecule has 176 valence electrons. The molecular formula is C26H32ClN3O3. The van der Waals surface area contributed by atoms with Crippen LogP contribution in [-0.4, -0.2) is 79.4 Å². The lowest BCUT2D eigenvalue weighted by Gasteiger charge is -2.42. The van der Waals surface area contributed by atoms with Gasteiger partial charge in [0, 0.05) is 61.7 Å². The average Bonchev–Trinajstić information content (AvgIpc) is 2.85. The van der Waals surface area contributed by atoms with Crippen LogP contribution in [-0.2, 0) is 4.79 Å². The number of carbonyl (C=O) groups excluding carboxylic acids is 2. The normalized spacial score (nSPS) is 18.7. The highest BCUT2D eigenvalue weighted by atomic mass is 35.5. The van der Waals surface area contributed by atoms with Crippen LogP contribution in [0.2, 0.25) is 5.02 Å². The van der Waals surface area contributed by atoms with Gasteiger partial charge in [-0.2, -0.15) is 0 Å². The molecule has 2 amide bonds. The van der Waals surface area contributed by atoms with Gasteiger partial charge in [0.2, 0.25) is 5.91 Å². The average molecular weight is 470 g/mol. The van der Waals surface area contributed by atoms with Crippen molar-refractivity contribution in [3.63, 3.8) is 0 Å². The zero-order valence-electron chi connectivity index (χ0n) is 19.2. The van der Waals surface area contributed by atoms with E-state index in [1.807, 2.05) is 52.3 Å². The van der Waals surface area contributed by atoms with Crippen LogP contribution in [0.25, 0.3) is 0 Å². The molecule has 0 unspecified atom stereocenters. The molecule has 2 heterocycles. The predicted molar refractivity (Wildman–Crippen MR) is 130 cm³/mol. The Hall–Kier alpha value is -2.57. The summed E-state index contributed by atoms with van der Waals surface area (Å²) >= 11 is 6.00. The lowest BCUT2D eigenvalue weighted by Crippen LogP contribution is -2.51. The Kier molecular flexibility index (Phi) is 7.56. The number of amides is 2. The molecule has 0 aromatic heterocycles. The fourth-order valence-corrected chi connectivity index (χ4v) is 4.70. The molecule has 6 nitrogen and oxygen atoms in total. The van der Waals surface area contributed by atoms with Gasteiger partial charge < -0.3 is 19.4 Å². The summed E-state index contributed by atoms with van der Waals surface area (Å²) in [7, 11) is 2.09. The maximum atomic E-state index is 13.2. The molecule has 0 N–H and O–H groups in total. The van der Waals surface area contributed by atoms with Gasteiger partial charge in [0.1, 0.15) is 5.75 Å². The molecule has 0 aliphatic carbocycles. The number of piperazine rings is 1. The van der Waals surface area contributed by atoms with Crippen LogP contribution in [0, 0.1) is 5.41 Å². The molecule has 2 aromatic carbocycles. The molecule has 2 saturated heterocycles. The predicted octanol–water partition coefficient (Wildman–Crippen LogP) is 3.81. The first-order chi connectivity index (χ1) is 15.9. The van der Waals surface area contributed by atoms with Crippen molar-refractivity contribution < 1.29 is 14.3 Å². The summed E-state index contributed by atoms with van der Waals surface area (Å²) in [5.74, 6) is 0.979. The van der Waals surface area contributed by atoms with Gasteiger partial charge in [-0.3, -0.25) is 9.59 Å². The molecule has 0 bridgehead atoms. The number of hydrogen-bond donors (Lipinski definition) is 0. The molecular weight excluding hydrogens is 438 g/mol. The molecule has 2 fully saturated rings. The number of nitrogens with zero attached hydrogens (tertiary/aromatic N) is 3. The topological polar surface area (TPSA) is 53.1 Å². The van der Waals surface area contributed by atoms with E-state index in [1.54, 1.807) is 12.1 Å². The number of hydrogen-bond acceptors (Lipinski definition) is 4. The highest BCUT2D eigenvalue weighted by Crippen LogP contribution is 2.37. The van der Waals surface area contributed by atoms with E-state index in [-0.39, 0.29) is 17.2 Å². The second-order valence-corrected chi connectivity index (χ2v) is 9.70. The molecule has 0 spiro atoms. The van der Waals surface area contributed by atoms with E-state index >= 15 is 0 Å². The number of benzene rings is 2. The van der Waals surface area contributed by atoms with Gasteiger partial charge >= 0.3 is 0 Å². The number of piperidine rings is 1. The van der Waals surface area contributed by atoms with Crippen molar-refractivity contribution in [1.29, 1.82) is 0 Å². The Balaban J connectivity index is 1.44. The van der Waals surface area contributed by atoms with Gasteiger partial charge in [0.15, 0.2) is 0 Å². The number of rotatable bonds is 6. The quantitative estimate of drug-likeness (QED) is 0.645. The minimum atomic E-state index is -0.298. The summed E-state index contributed by atoms with van der Waals surface area (Å²) in [6.45, 7) is 5.02. The van der Waals surface area contributed by atoms with E-state index in [0.29, 0.717) is 36.7 Å². The molecule has 0 radical (unpaired) electrons. The van der Waals surface area contributed by atoms with Crippen molar-refractivity contribution in [2.45, 2.75) is 19.3 Å². The van der Waals surface area contributed by atoms with Crippen LogP contribution in [0.1, 0.15) is 29.6 Å². The highest BCUT2D eigenvalue weighted by Gasteiger charge is 2.40. The molecule has 33 heavy (non-hydrogen) atoms. The first-order valence-corrected chi connectivity index (χ1v) is 12.0. The van der Waals surface area contributed by atoms with Crippen molar-refractivity contribution in [1.82, 2.24) is 14.7 Å².